The van der Waals surface area contributed by atoms with Crippen molar-refractivity contribution in [2.24, 2.45) is 0 Å². The van der Waals surface area contributed by atoms with Crippen LogP contribution in [0.15, 0.2) is 54.9 Å². The van der Waals surface area contributed by atoms with Crippen molar-refractivity contribution in [2.45, 2.75) is 6.54 Å². The fourth-order valence-corrected chi connectivity index (χ4v) is 2.67. The molecule has 1 aromatic heterocycles. The van der Waals surface area contributed by atoms with E-state index in [2.05, 4.69) is 20.6 Å². The van der Waals surface area contributed by atoms with Crippen LogP contribution in [0.3, 0.4) is 0 Å². The maximum absolute atomic E-state index is 12.3. The van der Waals surface area contributed by atoms with Crippen molar-refractivity contribution in [3.8, 4) is 11.5 Å². The van der Waals surface area contributed by atoms with Gasteiger partial charge in [-0.3, -0.25) is 4.79 Å². The van der Waals surface area contributed by atoms with E-state index in [1.165, 1.54) is 12.4 Å². The number of hydrogen-bond acceptors (Lipinski definition) is 6. The molecule has 0 fully saturated rings. The summed E-state index contributed by atoms with van der Waals surface area (Å²) >= 11 is 6.09. The van der Waals surface area contributed by atoms with Crippen LogP contribution in [0.1, 0.15) is 16.1 Å². The lowest BCUT2D eigenvalue weighted by Crippen LogP contribution is -2.24. The highest BCUT2D eigenvalue weighted by Crippen LogP contribution is 2.30. The summed E-state index contributed by atoms with van der Waals surface area (Å²) in [6.07, 6.45) is 2.88. The van der Waals surface area contributed by atoms with E-state index in [0.29, 0.717) is 34.6 Å². The first-order valence-electron chi connectivity index (χ1n) is 8.43. The molecule has 0 unspecified atom stereocenters. The first-order valence-corrected chi connectivity index (χ1v) is 8.81. The van der Waals surface area contributed by atoms with Crippen LogP contribution in [0.25, 0.3) is 0 Å². The summed E-state index contributed by atoms with van der Waals surface area (Å²) in [5.74, 6) is 1.43. The summed E-state index contributed by atoms with van der Waals surface area (Å²) in [5, 5.41) is 6.48. The number of nitrogens with zero attached hydrogens (tertiary/aromatic N) is 2. The fourth-order valence-electron chi connectivity index (χ4n) is 2.47. The van der Waals surface area contributed by atoms with Crippen LogP contribution in [0.4, 0.5) is 11.5 Å². The minimum atomic E-state index is -0.335. The number of nitrogens with one attached hydrogen (secondary N) is 2. The van der Waals surface area contributed by atoms with Crippen LogP contribution in [0.5, 0.6) is 11.5 Å². The highest BCUT2D eigenvalue weighted by molar-refractivity contribution is 6.31. The van der Waals surface area contributed by atoms with E-state index >= 15 is 0 Å². The van der Waals surface area contributed by atoms with Gasteiger partial charge in [-0.25, -0.2) is 9.97 Å². The standard InChI is InChI=1S/C20H19ClN4O3/c1-27-14-7-8-18(28-2)16(9-14)25-19-12-22-17(11-23-19)20(26)24-10-13-5-3-4-6-15(13)21/h3-9,11-12H,10H2,1-2H3,(H,23,25)(H,24,26). The van der Waals surface area contributed by atoms with Crippen molar-refractivity contribution >= 4 is 29.0 Å². The molecule has 0 atom stereocenters. The quantitative estimate of drug-likeness (QED) is 0.629. The van der Waals surface area contributed by atoms with E-state index in [1.54, 1.807) is 38.5 Å². The first kappa shape index (κ1) is 19.4. The summed E-state index contributed by atoms with van der Waals surface area (Å²) < 4.78 is 10.5. The molecule has 0 spiro atoms. The van der Waals surface area contributed by atoms with Crippen LogP contribution in [-0.4, -0.2) is 30.1 Å². The maximum atomic E-state index is 12.3. The Morgan fingerprint density at radius 1 is 1.07 bits per heavy atom. The molecule has 2 aromatic carbocycles. The van der Waals surface area contributed by atoms with Gasteiger partial charge in [-0.2, -0.15) is 0 Å². The number of benzene rings is 2. The van der Waals surface area contributed by atoms with Crippen molar-refractivity contribution < 1.29 is 14.3 Å². The fraction of sp³-hybridized carbons (Fsp3) is 0.150. The smallest absolute Gasteiger partial charge is 0.271 e. The zero-order valence-corrected chi connectivity index (χ0v) is 16.2. The van der Waals surface area contributed by atoms with Crippen LogP contribution in [0, 0.1) is 0 Å². The zero-order chi connectivity index (χ0) is 19.9. The van der Waals surface area contributed by atoms with Gasteiger partial charge < -0.3 is 20.1 Å². The SMILES string of the molecule is COc1ccc(OC)c(Nc2cnc(C(=O)NCc3ccccc3Cl)cn2)c1. The molecule has 1 heterocycles. The molecule has 1 amide bonds. The Labute approximate surface area is 167 Å². The van der Waals surface area contributed by atoms with Crippen LogP contribution in [-0.2, 0) is 6.54 Å². The number of amides is 1. The second-order valence-corrected chi connectivity index (χ2v) is 6.16. The van der Waals surface area contributed by atoms with Gasteiger partial charge in [0.15, 0.2) is 0 Å². The van der Waals surface area contributed by atoms with Crippen molar-refractivity contribution in [3.05, 3.63) is 71.1 Å². The minimum absolute atomic E-state index is 0.204. The molecule has 0 bridgehead atoms. The van der Waals surface area contributed by atoms with Gasteiger partial charge >= 0.3 is 0 Å². The Morgan fingerprint density at radius 3 is 2.57 bits per heavy atom. The van der Waals surface area contributed by atoms with Gasteiger partial charge in [0.1, 0.15) is 23.0 Å². The molecule has 2 N–H and O–H groups in total. The summed E-state index contributed by atoms with van der Waals surface area (Å²) in [6, 6.07) is 12.7. The predicted octanol–water partition coefficient (Wildman–Crippen LogP) is 3.82. The number of carbonyl (C=O) groups excluding carboxylic acids is 1. The molecule has 0 radical (unpaired) electrons. The Hall–Kier alpha value is -3.32. The second kappa shape index (κ2) is 9.05. The number of anilines is 2. The molecule has 28 heavy (non-hydrogen) atoms. The van der Waals surface area contributed by atoms with Gasteiger partial charge in [0, 0.05) is 17.6 Å². The van der Waals surface area contributed by atoms with E-state index in [-0.39, 0.29) is 11.6 Å². The molecule has 0 aliphatic heterocycles. The number of halogens is 1. The lowest BCUT2D eigenvalue weighted by atomic mass is 10.2. The molecule has 0 aliphatic carbocycles. The third-order valence-corrected chi connectivity index (χ3v) is 4.32. The lowest BCUT2D eigenvalue weighted by molar-refractivity contribution is 0.0945. The predicted molar refractivity (Wildman–Crippen MR) is 107 cm³/mol. The third-order valence-electron chi connectivity index (χ3n) is 3.95. The average Bonchev–Trinajstić information content (AvgIpc) is 2.73. The lowest BCUT2D eigenvalue weighted by Gasteiger charge is -2.12. The number of ether oxygens (including phenoxy) is 2. The zero-order valence-electron chi connectivity index (χ0n) is 15.4. The highest BCUT2D eigenvalue weighted by atomic mass is 35.5. The second-order valence-electron chi connectivity index (χ2n) is 5.75. The van der Waals surface area contributed by atoms with E-state index in [1.807, 2.05) is 18.2 Å². The topological polar surface area (TPSA) is 85.4 Å². The summed E-state index contributed by atoms with van der Waals surface area (Å²) in [4.78, 5) is 20.7. The summed E-state index contributed by atoms with van der Waals surface area (Å²) in [5.41, 5.74) is 1.70. The van der Waals surface area contributed by atoms with Gasteiger partial charge in [0.25, 0.3) is 5.91 Å². The van der Waals surface area contributed by atoms with Gasteiger partial charge in [0.05, 0.1) is 32.3 Å². The van der Waals surface area contributed by atoms with Crippen LogP contribution in [0.2, 0.25) is 5.02 Å². The maximum Gasteiger partial charge on any atom is 0.271 e. The van der Waals surface area contributed by atoms with E-state index in [9.17, 15) is 4.79 Å². The monoisotopic (exact) mass is 398 g/mol. The molecular weight excluding hydrogens is 380 g/mol. The highest BCUT2D eigenvalue weighted by Gasteiger charge is 2.10. The minimum Gasteiger partial charge on any atom is -0.497 e. The van der Waals surface area contributed by atoms with E-state index in [0.717, 1.165) is 5.56 Å². The van der Waals surface area contributed by atoms with E-state index < -0.39 is 0 Å². The van der Waals surface area contributed by atoms with Crippen molar-refractivity contribution in [2.75, 3.05) is 19.5 Å². The number of methoxy groups -OCH3 is 2. The summed E-state index contributed by atoms with van der Waals surface area (Å²) in [7, 11) is 3.16. The van der Waals surface area contributed by atoms with Crippen molar-refractivity contribution in [3.63, 3.8) is 0 Å². The van der Waals surface area contributed by atoms with Crippen molar-refractivity contribution in [1.29, 1.82) is 0 Å². The van der Waals surface area contributed by atoms with Gasteiger partial charge in [-0.05, 0) is 23.8 Å². The molecule has 0 saturated carbocycles. The molecule has 144 valence electrons. The van der Waals surface area contributed by atoms with Gasteiger partial charge in [-0.1, -0.05) is 29.8 Å². The number of hydrogen-bond donors (Lipinski definition) is 2. The first-order chi connectivity index (χ1) is 13.6. The molecule has 0 saturated heterocycles. The molecule has 3 rings (SSSR count). The number of aromatic nitrogens is 2. The van der Waals surface area contributed by atoms with E-state index in [4.69, 9.17) is 21.1 Å². The molecule has 8 heteroatoms. The van der Waals surface area contributed by atoms with Crippen molar-refractivity contribution in [1.82, 2.24) is 15.3 Å². The summed E-state index contributed by atoms with van der Waals surface area (Å²) in [6.45, 7) is 0.307. The van der Waals surface area contributed by atoms with Gasteiger partial charge in [-0.15, -0.1) is 0 Å². The molecule has 3 aromatic rings. The Morgan fingerprint density at radius 2 is 1.89 bits per heavy atom. The molecule has 7 nitrogen and oxygen atoms in total. The molecule has 0 aliphatic rings. The largest absolute Gasteiger partial charge is 0.497 e. The Balaban J connectivity index is 1.66. The number of rotatable bonds is 7. The van der Waals surface area contributed by atoms with Gasteiger partial charge in [0.2, 0.25) is 0 Å². The third kappa shape index (κ3) is 4.69. The van der Waals surface area contributed by atoms with Crippen LogP contribution < -0.4 is 20.1 Å². The van der Waals surface area contributed by atoms with Crippen LogP contribution >= 0.6 is 11.6 Å². The number of carbonyl (C=O) groups is 1. The normalized spacial score (nSPS) is 10.2. The molecular formula is C20H19ClN4O3. The Kier molecular flexibility index (Phi) is 6.29. The Bertz CT molecular complexity index is 964. The average molecular weight is 399 g/mol.